The number of ether oxygens (including phenoxy) is 2. The predicted molar refractivity (Wildman–Crippen MR) is 221 cm³/mol. The number of hydrogen-bond acceptors (Lipinski definition) is 8. The molecule has 1 saturated carbocycles. The third-order valence-corrected chi connectivity index (χ3v) is 11.4. The third kappa shape index (κ3) is 10.1. The molecule has 0 amide bonds. The number of nitrogens with zero attached hydrogens (tertiary/aromatic N) is 2. The Kier molecular flexibility index (Phi) is 13.4. The van der Waals surface area contributed by atoms with Crippen molar-refractivity contribution in [1.29, 1.82) is 5.26 Å². The molecule has 294 valence electrons. The molecule has 0 spiro atoms. The van der Waals surface area contributed by atoms with E-state index in [9.17, 15) is 25.1 Å². The SMILES string of the molecule is Cc1c(COc2cc(OCc3cncc(C#N)c3)c(CC[C@@](C)(CO)C(=O)O)cc2Cl)cccc1-c1cccc(-c2ccc(CNC[C@@H]3CCC(=O)C3)cc2)c1C. The quantitative estimate of drug-likeness (QED) is 0.0841. The fourth-order valence-electron chi connectivity index (χ4n) is 7.28. The van der Waals surface area contributed by atoms with Crippen LogP contribution in [0.2, 0.25) is 5.02 Å². The van der Waals surface area contributed by atoms with Gasteiger partial charge in [0.05, 0.1) is 22.6 Å². The van der Waals surface area contributed by atoms with E-state index in [-0.39, 0.29) is 26.1 Å². The molecule has 0 bridgehead atoms. The molecule has 6 rings (SSSR count). The van der Waals surface area contributed by atoms with E-state index in [1.165, 1.54) is 24.2 Å². The van der Waals surface area contributed by atoms with Crippen LogP contribution in [0.25, 0.3) is 22.3 Å². The van der Waals surface area contributed by atoms with Crippen LogP contribution in [-0.2, 0) is 35.8 Å². The third-order valence-electron chi connectivity index (χ3n) is 11.1. The van der Waals surface area contributed by atoms with Crippen LogP contribution in [0.4, 0.5) is 0 Å². The van der Waals surface area contributed by atoms with Crippen LogP contribution in [0.5, 0.6) is 11.5 Å². The highest BCUT2D eigenvalue weighted by molar-refractivity contribution is 6.32. The first kappa shape index (κ1) is 41.1. The van der Waals surface area contributed by atoms with Gasteiger partial charge in [-0.25, -0.2) is 0 Å². The van der Waals surface area contributed by atoms with Crippen LogP contribution in [0.15, 0.2) is 91.3 Å². The number of halogens is 1. The van der Waals surface area contributed by atoms with Crippen molar-refractivity contribution in [3.8, 4) is 39.8 Å². The summed E-state index contributed by atoms with van der Waals surface area (Å²) in [6, 6.07) is 28.4. The lowest BCUT2D eigenvalue weighted by atomic mass is 9.85. The number of aryl methyl sites for hydroxylation is 1. The average molecular weight is 786 g/mol. The summed E-state index contributed by atoms with van der Waals surface area (Å²) in [4.78, 5) is 27.6. The molecular formula is C47H48ClN3O6. The molecule has 0 aliphatic heterocycles. The van der Waals surface area contributed by atoms with Gasteiger partial charge < -0.3 is 25.0 Å². The number of aromatic nitrogens is 1. The normalized spacial score (nSPS) is 14.9. The summed E-state index contributed by atoms with van der Waals surface area (Å²) < 4.78 is 12.6. The highest BCUT2D eigenvalue weighted by atomic mass is 35.5. The molecule has 1 heterocycles. The largest absolute Gasteiger partial charge is 0.488 e. The maximum absolute atomic E-state index is 11.9. The van der Waals surface area contributed by atoms with Gasteiger partial charge >= 0.3 is 5.97 Å². The van der Waals surface area contributed by atoms with Gasteiger partial charge in [0.15, 0.2) is 0 Å². The number of aliphatic carboxylic acids is 1. The van der Waals surface area contributed by atoms with Gasteiger partial charge in [0, 0.05) is 43.4 Å². The Balaban J connectivity index is 1.19. The number of rotatable bonds is 17. The number of nitrogens with one attached hydrogen (secondary N) is 1. The monoisotopic (exact) mass is 785 g/mol. The molecule has 0 saturated heterocycles. The zero-order valence-electron chi connectivity index (χ0n) is 32.6. The molecule has 9 nitrogen and oxygen atoms in total. The molecule has 2 atom stereocenters. The minimum atomic E-state index is -1.34. The number of hydrogen-bond donors (Lipinski definition) is 3. The average Bonchev–Trinajstić information content (AvgIpc) is 3.64. The number of aliphatic hydroxyl groups excluding tert-OH is 1. The summed E-state index contributed by atoms with van der Waals surface area (Å²) in [5, 5.41) is 32.8. The Labute approximate surface area is 339 Å². The van der Waals surface area contributed by atoms with Gasteiger partial charge in [0.25, 0.3) is 0 Å². The number of carboxylic acids is 1. The number of carbonyl (C=O) groups excluding carboxylic acids is 1. The second-order valence-electron chi connectivity index (χ2n) is 15.2. The number of Topliss-reactive ketones (excluding diaryl/α,β-unsaturated/α-hetero) is 1. The molecule has 1 fully saturated rings. The molecule has 10 heteroatoms. The van der Waals surface area contributed by atoms with Crippen molar-refractivity contribution in [3.05, 3.63) is 135 Å². The number of benzene rings is 4. The molecule has 5 aromatic rings. The summed E-state index contributed by atoms with van der Waals surface area (Å²) >= 11 is 6.79. The van der Waals surface area contributed by atoms with Crippen molar-refractivity contribution >= 4 is 23.4 Å². The van der Waals surface area contributed by atoms with Crippen molar-refractivity contribution in [2.45, 2.75) is 72.6 Å². The maximum Gasteiger partial charge on any atom is 0.311 e. The zero-order chi connectivity index (χ0) is 40.5. The zero-order valence-corrected chi connectivity index (χ0v) is 33.4. The summed E-state index contributed by atoms with van der Waals surface area (Å²) in [6.45, 7) is 7.22. The van der Waals surface area contributed by atoms with E-state index in [2.05, 4.69) is 78.7 Å². The van der Waals surface area contributed by atoms with Gasteiger partial charge in [0.1, 0.15) is 36.6 Å². The van der Waals surface area contributed by atoms with E-state index >= 15 is 0 Å². The second-order valence-corrected chi connectivity index (χ2v) is 15.6. The number of ketones is 1. The van der Waals surface area contributed by atoms with Crippen molar-refractivity contribution in [3.63, 3.8) is 0 Å². The molecule has 1 aliphatic rings. The fraction of sp³-hybridized carbons (Fsp3) is 0.319. The van der Waals surface area contributed by atoms with Gasteiger partial charge in [-0.1, -0.05) is 72.3 Å². The van der Waals surface area contributed by atoms with Crippen LogP contribution in [0.1, 0.15) is 71.6 Å². The number of nitriles is 1. The van der Waals surface area contributed by atoms with Gasteiger partial charge in [-0.05, 0) is 115 Å². The van der Waals surface area contributed by atoms with Crippen LogP contribution in [0.3, 0.4) is 0 Å². The number of pyridine rings is 1. The van der Waals surface area contributed by atoms with Gasteiger partial charge in [0.2, 0.25) is 0 Å². The van der Waals surface area contributed by atoms with E-state index in [4.69, 9.17) is 21.1 Å². The first-order chi connectivity index (χ1) is 27.5. The summed E-state index contributed by atoms with van der Waals surface area (Å²) in [7, 11) is 0. The van der Waals surface area contributed by atoms with E-state index in [0.717, 1.165) is 52.9 Å². The molecule has 57 heavy (non-hydrogen) atoms. The number of aliphatic hydroxyl groups is 1. The van der Waals surface area contributed by atoms with E-state index in [1.54, 1.807) is 24.4 Å². The molecular weight excluding hydrogens is 738 g/mol. The smallest absolute Gasteiger partial charge is 0.311 e. The lowest BCUT2D eigenvalue weighted by Crippen LogP contribution is -2.32. The van der Waals surface area contributed by atoms with Crippen molar-refractivity contribution in [2.24, 2.45) is 11.3 Å². The molecule has 0 radical (unpaired) electrons. The predicted octanol–water partition coefficient (Wildman–Crippen LogP) is 9.19. The Morgan fingerprint density at radius 2 is 1.65 bits per heavy atom. The summed E-state index contributed by atoms with van der Waals surface area (Å²) in [6.07, 6.45) is 5.92. The Morgan fingerprint density at radius 3 is 2.35 bits per heavy atom. The van der Waals surface area contributed by atoms with Crippen LogP contribution in [0, 0.1) is 36.5 Å². The first-order valence-corrected chi connectivity index (χ1v) is 19.6. The minimum absolute atomic E-state index is 0.109. The number of carbonyl (C=O) groups is 2. The van der Waals surface area contributed by atoms with Gasteiger partial charge in [-0.15, -0.1) is 0 Å². The Morgan fingerprint density at radius 1 is 0.930 bits per heavy atom. The Bertz CT molecular complexity index is 2280. The molecule has 3 N–H and O–H groups in total. The molecule has 4 aromatic carbocycles. The summed E-state index contributed by atoms with van der Waals surface area (Å²) in [5.41, 5.74) is 9.40. The summed E-state index contributed by atoms with van der Waals surface area (Å²) in [5.74, 6) is 0.587. The van der Waals surface area contributed by atoms with E-state index in [0.29, 0.717) is 57.8 Å². The topological polar surface area (TPSA) is 142 Å². The molecule has 0 unspecified atom stereocenters. The number of carboxylic acid groups (broad SMARTS) is 1. The standard InChI is InChI=1S/C47H48ClN3O6/c1-30-38(6-4-8-41(30)42-9-5-7-40(31(42)2)36-13-10-32(11-14-36)23-50-24-33-12-15-39(53)19-33)28-57-45-21-44(56-27-35-18-34(22-49)25-51-26-35)37(20-43(45)48)16-17-47(3,29-52)46(54)55/h4-11,13-14,18,20-21,25-26,33,50,52H,12,15-17,19,23-24,27-29H2,1-3H3,(H,54,55)/t33-,47+/m1/s1. The highest BCUT2D eigenvalue weighted by Gasteiger charge is 2.32. The Hall–Kier alpha value is -5.53. The van der Waals surface area contributed by atoms with Crippen molar-refractivity contribution in [2.75, 3.05) is 13.2 Å². The maximum atomic E-state index is 11.9. The van der Waals surface area contributed by atoms with Crippen LogP contribution >= 0.6 is 11.6 Å². The van der Waals surface area contributed by atoms with Crippen molar-refractivity contribution < 1.29 is 29.3 Å². The van der Waals surface area contributed by atoms with Gasteiger partial charge in [-0.2, -0.15) is 5.26 Å². The van der Waals surface area contributed by atoms with E-state index < -0.39 is 18.0 Å². The lowest BCUT2D eigenvalue weighted by Gasteiger charge is -2.23. The van der Waals surface area contributed by atoms with Crippen LogP contribution < -0.4 is 14.8 Å². The van der Waals surface area contributed by atoms with E-state index in [1.807, 2.05) is 12.1 Å². The minimum Gasteiger partial charge on any atom is -0.488 e. The molecule has 1 aromatic heterocycles. The highest BCUT2D eigenvalue weighted by Crippen LogP contribution is 2.38. The first-order valence-electron chi connectivity index (χ1n) is 19.2. The lowest BCUT2D eigenvalue weighted by molar-refractivity contribution is -0.150. The van der Waals surface area contributed by atoms with Gasteiger partial charge in [-0.3, -0.25) is 14.6 Å². The van der Waals surface area contributed by atoms with Crippen molar-refractivity contribution in [1.82, 2.24) is 10.3 Å². The molecule has 1 aliphatic carbocycles. The van der Waals surface area contributed by atoms with Crippen LogP contribution in [-0.4, -0.2) is 40.1 Å². The fourth-order valence-corrected chi connectivity index (χ4v) is 7.53. The second kappa shape index (κ2) is 18.6.